The molecular formula is C18H22N2O3. The molecular weight excluding hydrogens is 292 g/mol. The van der Waals surface area contributed by atoms with Gasteiger partial charge < -0.3 is 19.7 Å². The van der Waals surface area contributed by atoms with Crippen LogP contribution in [0.25, 0.3) is 0 Å². The maximum Gasteiger partial charge on any atom is 0.251 e. The van der Waals surface area contributed by atoms with E-state index in [2.05, 4.69) is 5.32 Å². The molecule has 0 heterocycles. The summed E-state index contributed by atoms with van der Waals surface area (Å²) in [5, 5.41) is 2.91. The third kappa shape index (κ3) is 3.94. The number of ether oxygens (including phenoxy) is 2. The van der Waals surface area contributed by atoms with Crippen LogP contribution in [0.2, 0.25) is 0 Å². The topological polar surface area (TPSA) is 50.8 Å². The molecule has 0 radical (unpaired) electrons. The van der Waals surface area contributed by atoms with Crippen LogP contribution < -0.4 is 19.7 Å². The minimum Gasteiger partial charge on any atom is -0.493 e. The highest BCUT2D eigenvalue weighted by molar-refractivity contribution is 5.95. The Bertz CT molecular complexity index is 684. The molecule has 1 amide bonds. The number of benzene rings is 2. The molecule has 0 aromatic heterocycles. The van der Waals surface area contributed by atoms with E-state index in [-0.39, 0.29) is 5.91 Å². The molecule has 5 nitrogen and oxygen atoms in total. The lowest BCUT2D eigenvalue weighted by molar-refractivity contribution is 0.0950. The second kappa shape index (κ2) is 7.54. The maximum atomic E-state index is 12.3. The minimum absolute atomic E-state index is 0.126. The van der Waals surface area contributed by atoms with E-state index >= 15 is 0 Å². The van der Waals surface area contributed by atoms with Gasteiger partial charge in [-0.15, -0.1) is 0 Å². The first-order valence-corrected chi connectivity index (χ1v) is 7.32. The molecule has 1 N–H and O–H groups in total. The number of carbonyl (C=O) groups is 1. The Morgan fingerprint density at radius 3 is 2.48 bits per heavy atom. The molecule has 2 aromatic carbocycles. The summed E-state index contributed by atoms with van der Waals surface area (Å²) < 4.78 is 10.6. The number of hydrogen-bond donors (Lipinski definition) is 1. The van der Waals surface area contributed by atoms with Crippen molar-refractivity contribution in [2.45, 2.75) is 6.54 Å². The molecule has 0 saturated carbocycles. The molecule has 0 aliphatic carbocycles. The van der Waals surface area contributed by atoms with Crippen molar-refractivity contribution in [1.82, 2.24) is 5.32 Å². The number of para-hydroxylation sites is 1. The molecule has 0 spiro atoms. The van der Waals surface area contributed by atoms with Gasteiger partial charge in [-0.25, -0.2) is 0 Å². The number of hydrogen-bond acceptors (Lipinski definition) is 4. The van der Waals surface area contributed by atoms with Crippen LogP contribution in [0, 0.1) is 0 Å². The monoisotopic (exact) mass is 314 g/mol. The fourth-order valence-electron chi connectivity index (χ4n) is 2.30. The molecule has 0 aliphatic rings. The molecule has 0 aliphatic heterocycles. The first kappa shape index (κ1) is 16.7. The van der Waals surface area contributed by atoms with Crippen LogP contribution in [0.15, 0.2) is 42.5 Å². The standard InChI is InChI=1S/C18H22N2O3/c1-20(2)15-9-5-7-13(11-15)18(21)19-12-14-8-6-10-16(22-3)17(14)23-4/h5-11H,12H2,1-4H3,(H,19,21). The van der Waals surface area contributed by atoms with E-state index in [1.54, 1.807) is 20.3 Å². The average molecular weight is 314 g/mol. The van der Waals surface area contributed by atoms with Gasteiger partial charge in [0.15, 0.2) is 11.5 Å². The van der Waals surface area contributed by atoms with E-state index in [9.17, 15) is 4.79 Å². The zero-order chi connectivity index (χ0) is 16.8. The Balaban J connectivity index is 2.12. The quantitative estimate of drug-likeness (QED) is 0.891. The Morgan fingerprint density at radius 2 is 1.83 bits per heavy atom. The van der Waals surface area contributed by atoms with Gasteiger partial charge >= 0.3 is 0 Å². The van der Waals surface area contributed by atoms with E-state index in [1.807, 2.05) is 55.4 Å². The summed E-state index contributed by atoms with van der Waals surface area (Å²) in [6.45, 7) is 0.366. The molecule has 0 unspecified atom stereocenters. The van der Waals surface area contributed by atoms with Crippen molar-refractivity contribution in [2.75, 3.05) is 33.2 Å². The molecule has 2 rings (SSSR count). The number of rotatable bonds is 6. The zero-order valence-electron chi connectivity index (χ0n) is 13.9. The van der Waals surface area contributed by atoms with Crippen LogP contribution in [0.3, 0.4) is 0 Å². The third-order valence-corrected chi connectivity index (χ3v) is 3.55. The van der Waals surface area contributed by atoms with Crippen molar-refractivity contribution < 1.29 is 14.3 Å². The van der Waals surface area contributed by atoms with Gasteiger partial charge in [0.1, 0.15) is 0 Å². The van der Waals surface area contributed by atoms with Gasteiger partial charge in [0.25, 0.3) is 5.91 Å². The summed E-state index contributed by atoms with van der Waals surface area (Å²) >= 11 is 0. The molecule has 5 heteroatoms. The summed E-state index contributed by atoms with van der Waals surface area (Å²) in [6, 6.07) is 13.1. The van der Waals surface area contributed by atoms with Gasteiger partial charge in [-0.05, 0) is 24.3 Å². The van der Waals surface area contributed by atoms with Gasteiger partial charge in [-0.3, -0.25) is 4.79 Å². The Labute approximate surface area is 136 Å². The van der Waals surface area contributed by atoms with Gasteiger partial charge in [0.05, 0.1) is 14.2 Å². The smallest absolute Gasteiger partial charge is 0.251 e. The summed E-state index contributed by atoms with van der Waals surface area (Å²) in [6.07, 6.45) is 0. The lowest BCUT2D eigenvalue weighted by Crippen LogP contribution is -2.23. The summed E-state index contributed by atoms with van der Waals surface area (Å²) in [4.78, 5) is 14.3. The molecule has 0 atom stereocenters. The summed E-state index contributed by atoms with van der Waals surface area (Å²) in [5.41, 5.74) is 2.47. The van der Waals surface area contributed by atoms with Gasteiger partial charge in [-0.1, -0.05) is 18.2 Å². The highest BCUT2D eigenvalue weighted by Crippen LogP contribution is 2.30. The molecule has 0 fully saturated rings. The van der Waals surface area contributed by atoms with E-state index in [0.717, 1.165) is 11.3 Å². The second-order valence-corrected chi connectivity index (χ2v) is 5.28. The number of methoxy groups -OCH3 is 2. The Morgan fingerprint density at radius 1 is 1.09 bits per heavy atom. The van der Waals surface area contributed by atoms with Crippen molar-refractivity contribution >= 4 is 11.6 Å². The lowest BCUT2D eigenvalue weighted by Gasteiger charge is -2.15. The predicted molar refractivity (Wildman–Crippen MR) is 91.5 cm³/mol. The van der Waals surface area contributed by atoms with Gasteiger partial charge in [0.2, 0.25) is 0 Å². The number of carbonyl (C=O) groups excluding carboxylic acids is 1. The average Bonchev–Trinajstić information content (AvgIpc) is 2.59. The Hall–Kier alpha value is -2.69. The van der Waals surface area contributed by atoms with Crippen molar-refractivity contribution in [3.05, 3.63) is 53.6 Å². The highest BCUT2D eigenvalue weighted by Gasteiger charge is 2.12. The first-order valence-electron chi connectivity index (χ1n) is 7.32. The predicted octanol–water partition coefficient (Wildman–Crippen LogP) is 2.70. The molecule has 0 bridgehead atoms. The molecule has 2 aromatic rings. The second-order valence-electron chi connectivity index (χ2n) is 5.28. The molecule has 23 heavy (non-hydrogen) atoms. The van der Waals surface area contributed by atoms with E-state index in [1.165, 1.54) is 0 Å². The van der Waals surface area contributed by atoms with Crippen LogP contribution in [-0.2, 0) is 6.54 Å². The van der Waals surface area contributed by atoms with E-state index in [0.29, 0.717) is 23.6 Å². The largest absolute Gasteiger partial charge is 0.493 e. The number of amides is 1. The fourth-order valence-corrected chi connectivity index (χ4v) is 2.30. The molecule has 0 saturated heterocycles. The minimum atomic E-state index is -0.126. The third-order valence-electron chi connectivity index (χ3n) is 3.55. The van der Waals surface area contributed by atoms with Crippen LogP contribution in [0.4, 0.5) is 5.69 Å². The lowest BCUT2D eigenvalue weighted by atomic mass is 10.1. The highest BCUT2D eigenvalue weighted by atomic mass is 16.5. The zero-order valence-corrected chi connectivity index (χ0v) is 13.9. The first-order chi connectivity index (χ1) is 11.1. The number of anilines is 1. The van der Waals surface area contributed by atoms with E-state index in [4.69, 9.17) is 9.47 Å². The van der Waals surface area contributed by atoms with Crippen molar-refractivity contribution in [1.29, 1.82) is 0 Å². The van der Waals surface area contributed by atoms with Crippen molar-refractivity contribution in [3.8, 4) is 11.5 Å². The maximum absolute atomic E-state index is 12.3. The van der Waals surface area contributed by atoms with Crippen LogP contribution in [0.5, 0.6) is 11.5 Å². The van der Waals surface area contributed by atoms with Crippen LogP contribution in [-0.4, -0.2) is 34.2 Å². The van der Waals surface area contributed by atoms with Gasteiger partial charge in [-0.2, -0.15) is 0 Å². The van der Waals surface area contributed by atoms with E-state index < -0.39 is 0 Å². The van der Waals surface area contributed by atoms with Gasteiger partial charge in [0, 0.05) is 37.5 Å². The van der Waals surface area contributed by atoms with Crippen LogP contribution in [0.1, 0.15) is 15.9 Å². The number of nitrogens with zero attached hydrogens (tertiary/aromatic N) is 1. The normalized spacial score (nSPS) is 10.1. The summed E-state index contributed by atoms with van der Waals surface area (Å²) in [7, 11) is 7.06. The van der Waals surface area contributed by atoms with Crippen molar-refractivity contribution in [3.63, 3.8) is 0 Å². The molecule has 122 valence electrons. The fraction of sp³-hybridized carbons (Fsp3) is 0.278. The Kier molecular flexibility index (Phi) is 5.46. The van der Waals surface area contributed by atoms with Crippen molar-refractivity contribution in [2.24, 2.45) is 0 Å². The SMILES string of the molecule is COc1cccc(CNC(=O)c2cccc(N(C)C)c2)c1OC. The number of nitrogens with one attached hydrogen (secondary N) is 1. The summed E-state index contributed by atoms with van der Waals surface area (Å²) in [5.74, 6) is 1.16. The van der Waals surface area contributed by atoms with Crippen LogP contribution >= 0.6 is 0 Å².